The molecule has 60 valence electrons. The van der Waals surface area contributed by atoms with E-state index >= 15 is 0 Å². The zero-order valence-electron chi connectivity index (χ0n) is 6.33. The molecular formula is C8H10O3. The van der Waals surface area contributed by atoms with Crippen LogP contribution in [0.25, 0.3) is 0 Å². The van der Waals surface area contributed by atoms with Crippen LogP contribution in [0.1, 0.15) is 19.8 Å². The van der Waals surface area contributed by atoms with Crippen molar-refractivity contribution < 1.29 is 14.7 Å². The molecule has 1 atom stereocenters. The first-order chi connectivity index (χ1) is 5.11. The highest BCUT2D eigenvalue weighted by molar-refractivity contribution is 5.93. The van der Waals surface area contributed by atoms with Gasteiger partial charge in [0.1, 0.15) is 0 Å². The van der Waals surface area contributed by atoms with Gasteiger partial charge in [-0.2, -0.15) is 0 Å². The number of allylic oxidation sites excluding steroid dienone is 1. The maximum atomic E-state index is 10.8. The van der Waals surface area contributed by atoms with Crippen LogP contribution in [-0.4, -0.2) is 16.9 Å². The summed E-state index contributed by atoms with van der Waals surface area (Å²) in [6.07, 6.45) is 2.26. The molecule has 1 rings (SSSR count). The standard InChI is InChI=1S/C8H10O3/c1-5-4-6(9)2-3-7(5)8(10)11/h4,7H,2-3H2,1H3,(H,10,11)/t7-/m1/s1. The number of carbonyl (C=O) groups excluding carboxylic acids is 1. The second kappa shape index (κ2) is 2.86. The highest BCUT2D eigenvalue weighted by atomic mass is 16.4. The summed E-state index contributed by atoms with van der Waals surface area (Å²) >= 11 is 0. The van der Waals surface area contributed by atoms with Crippen LogP contribution in [0.5, 0.6) is 0 Å². The first-order valence-electron chi connectivity index (χ1n) is 3.55. The van der Waals surface area contributed by atoms with Crippen molar-refractivity contribution in [3.8, 4) is 0 Å². The molecule has 0 aromatic heterocycles. The minimum atomic E-state index is -0.828. The normalized spacial score (nSPS) is 24.6. The van der Waals surface area contributed by atoms with Crippen molar-refractivity contribution >= 4 is 11.8 Å². The summed E-state index contributed by atoms with van der Waals surface area (Å²) in [4.78, 5) is 21.3. The van der Waals surface area contributed by atoms with Gasteiger partial charge in [-0.25, -0.2) is 0 Å². The molecule has 0 aromatic rings. The molecule has 0 unspecified atom stereocenters. The van der Waals surface area contributed by atoms with Crippen molar-refractivity contribution in [1.29, 1.82) is 0 Å². The lowest BCUT2D eigenvalue weighted by molar-refractivity contribution is -0.140. The summed E-state index contributed by atoms with van der Waals surface area (Å²) in [6.45, 7) is 1.69. The second-order valence-corrected chi connectivity index (χ2v) is 2.78. The van der Waals surface area contributed by atoms with Gasteiger partial charge in [-0.1, -0.05) is 5.57 Å². The third-order valence-corrected chi connectivity index (χ3v) is 1.92. The fourth-order valence-electron chi connectivity index (χ4n) is 1.26. The van der Waals surface area contributed by atoms with Crippen molar-refractivity contribution in [3.63, 3.8) is 0 Å². The summed E-state index contributed by atoms with van der Waals surface area (Å²) < 4.78 is 0. The van der Waals surface area contributed by atoms with E-state index in [1.54, 1.807) is 6.92 Å². The Labute approximate surface area is 64.7 Å². The Kier molecular flexibility index (Phi) is 2.08. The molecule has 0 aliphatic heterocycles. The molecule has 0 bridgehead atoms. The Morgan fingerprint density at radius 3 is 2.82 bits per heavy atom. The predicted octanol–water partition coefficient (Wildman–Crippen LogP) is 0.996. The van der Waals surface area contributed by atoms with Gasteiger partial charge in [-0.15, -0.1) is 0 Å². The van der Waals surface area contributed by atoms with E-state index in [1.165, 1.54) is 6.08 Å². The van der Waals surface area contributed by atoms with Gasteiger partial charge in [-0.3, -0.25) is 9.59 Å². The van der Waals surface area contributed by atoms with Crippen LogP contribution in [-0.2, 0) is 9.59 Å². The predicted molar refractivity (Wildman–Crippen MR) is 39.1 cm³/mol. The fourth-order valence-corrected chi connectivity index (χ4v) is 1.26. The third kappa shape index (κ3) is 1.67. The maximum absolute atomic E-state index is 10.8. The molecule has 1 aliphatic rings. The number of rotatable bonds is 1. The van der Waals surface area contributed by atoms with Crippen LogP contribution in [0.4, 0.5) is 0 Å². The molecule has 0 saturated carbocycles. The molecule has 0 spiro atoms. The molecule has 1 N–H and O–H groups in total. The highest BCUT2D eigenvalue weighted by Crippen LogP contribution is 2.22. The summed E-state index contributed by atoms with van der Waals surface area (Å²) in [5.41, 5.74) is 0.675. The van der Waals surface area contributed by atoms with Gasteiger partial charge in [-0.05, 0) is 19.4 Å². The van der Waals surface area contributed by atoms with Gasteiger partial charge >= 0.3 is 5.97 Å². The Bertz CT molecular complexity index is 227. The first kappa shape index (κ1) is 7.98. The zero-order chi connectivity index (χ0) is 8.43. The minimum Gasteiger partial charge on any atom is -0.481 e. The van der Waals surface area contributed by atoms with Gasteiger partial charge in [0.2, 0.25) is 0 Å². The van der Waals surface area contributed by atoms with E-state index < -0.39 is 11.9 Å². The van der Waals surface area contributed by atoms with Gasteiger partial charge in [0.15, 0.2) is 5.78 Å². The molecule has 0 aromatic carbocycles. The van der Waals surface area contributed by atoms with E-state index in [4.69, 9.17) is 5.11 Å². The second-order valence-electron chi connectivity index (χ2n) is 2.78. The summed E-state index contributed by atoms with van der Waals surface area (Å²) in [5, 5.41) is 8.64. The number of carboxylic acids is 1. The van der Waals surface area contributed by atoms with E-state index in [0.29, 0.717) is 18.4 Å². The van der Waals surface area contributed by atoms with Crippen LogP contribution in [0.15, 0.2) is 11.6 Å². The third-order valence-electron chi connectivity index (χ3n) is 1.92. The number of hydrogen-bond donors (Lipinski definition) is 1. The maximum Gasteiger partial charge on any atom is 0.310 e. The van der Waals surface area contributed by atoms with Crippen molar-refractivity contribution in [2.45, 2.75) is 19.8 Å². The summed E-state index contributed by atoms with van der Waals surface area (Å²) in [5.74, 6) is -1.22. The Morgan fingerprint density at radius 2 is 2.36 bits per heavy atom. The monoisotopic (exact) mass is 154 g/mol. The Hall–Kier alpha value is -1.12. The molecule has 1 aliphatic carbocycles. The summed E-state index contributed by atoms with van der Waals surface area (Å²) in [6, 6.07) is 0. The molecular weight excluding hydrogens is 144 g/mol. The van der Waals surface area contributed by atoms with Crippen molar-refractivity contribution in [2.75, 3.05) is 0 Å². The van der Waals surface area contributed by atoms with Gasteiger partial charge < -0.3 is 5.11 Å². The molecule has 0 radical (unpaired) electrons. The van der Waals surface area contributed by atoms with Gasteiger partial charge in [0.25, 0.3) is 0 Å². The number of hydrogen-bond acceptors (Lipinski definition) is 2. The lowest BCUT2D eigenvalue weighted by atomic mass is 9.88. The summed E-state index contributed by atoms with van der Waals surface area (Å²) in [7, 11) is 0. The first-order valence-corrected chi connectivity index (χ1v) is 3.55. The quantitative estimate of drug-likeness (QED) is 0.612. The number of carboxylic acid groups (broad SMARTS) is 1. The van der Waals surface area contributed by atoms with Crippen molar-refractivity contribution in [1.82, 2.24) is 0 Å². The van der Waals surface area contributed by atoms with Crippen LogP contribution in [0.3, 0.4) is 0 Å². The average molecular weight is 154 g/mol. The molecule has 0 saturated heterocycles. The SMILES string of the molecule is CC1=CC(=O)CC[C@H]1C(=O)O. The Morgan fingerprint density at radius 1 is 1.73 bits per heavy atom. The van der Waals surface area contributed by atoms with Crippen molar-refractivity contribution in [3.05, 3.63) is 11.6 Å². The average Bonchev–Trinajstić information content (AvgIpc) is 1.85. The van der Waals surface area contributed by atoms with E-state index in [-0.39, 0.29) is 5.78 Å². The molecule has 11 heavy (non-hydrogen) atoms. The van der Waals surface area contributed by atoms with Gasteiger partial charge in [0, 0.05) is 6.42 Å². The number of carbonyl (C=O) groups is 2. The van der Waals surface area contributed by atoms with E-state index in [1.807, 2.05) is 0 Å². The van der Waals surface area contributed by atoms with E-state index in [0.717, 1.165) is 0 Å². The van der Waals surface area contributed by atoms with E-state index in [9.17, 15) is 9.59 Å². The van der Waals surface area contributed by atoms with E-state index in [2.05, 4.69) is 0 Å². The van der Waals surface area contributed by atoms with Crippen LogP contribution in [0, 0.1) is 5.92 Å². The van der Waals surface area contributed by atoms with Crippen molar-refractivity contribution in [2.24, 2.45) is 5.92 Å². The largest absolute Gasteiger partial charge is 0.481 e. The molecule has 0 heterocycles. The fraction of sp³-hybridized carbons (Fsp3) is 0.500. The van der Waals surface area contributed by atoms with Crippen LogP contribution < -0.4 is 0 Å². The van der Waals surface area contributed by atoms with Crippen LogP contribution >= 0.6 is 0 Å². The lowest BCUT2D eigenvalue weighted by Crippen LogP contribution is -2.20. The molecule has 0 amide bonds. The minimum absolute atomic E-state index is 0.0417. The Balaban J connectivity index is 2.80. The topological polar surface area (TPSA) is 54.4 Å². The zero-order valence-corrected chi connectivity index (χ0v) is 6.33. The van der Waals surface area contributed by atoms with Crippen LogP contribution in [0.2, 0.25) is 0 Å². The van der Waals surface area contributed by atoms with Gasteiger partial charge in [0.05, 0.1) is 5.92 Å². The molecule has 3 nitrogen and oxygen atoms in total. The number of ketones is 1. The molecule has 0 fully saturated rings. The lowest BCUT2D eigenvalue weighted by Gasteiger charge is -2.15. The molecule has 3 heteroatoms. The highest BCUT2D eigenvalue weighted by Gasteiger charge is 2.24. The smallest absolute Gasteiger partial charge is 0.310 e. The number of aliphatic carboxylic acids is 1.